The van der Waals surface area contributed by atoms with Gasteiger partial charge in [0.15, 0.2) is 0 Å². The molecule has 128 valence electrons. The lowest BCUT2D eigenvalue weighted by molar-refractivity contribution is 0.0663. The lowest BCUT2D eigenvalue weighted by Gasteiger charge is -2.36. The first-order chi connectivity index (χ1) is 11.7. The molecule has 1 aliphatic heterocycles. The molecule has 0 bridgehead atoms. The number of anilines is 1. The van der Waals surface area contributed by atoms with Crippen LogP contribution in [0.15, 0.2) is 54.6 Å². The fraction of sp³-hybridized carbons (Fsp3) is 0.400. The highest BCUT2D eigenvalue weighted by Gasteiger charge is 2.19. The number of nitrogens with zero attached hydrogens (tertiary/aromatic N) is 2. The number of aryl methyl sites for hydroxylation is 1. The average molecular weight is 326 g/mol. The van der Waals surface area contributed by atoms with Gasteiger partial charge >= 0.3 is 0 Å². The van der Waals surface area contributed by atoms with E-state index in [1.165, 1.54) is 11.3 Å². The Morgan fingerprint density at radius 1 is 1.00 bits per heavy atom. The van der Waals surface area contributed by atoms with Crippen molar-refractivity contribution in [1.29, 1.82) is 0 Å². The fourth-order valence-electron chi connectivity index (χ4n) is 3.08. The summed E-state index contributed by atoms with van der Waals surface area (Å²) in [5, 5.41) is 10.2. The number of hydrogen-bond donors (Lipinski definition) is 1. The number of aliphatic hydroxyl groups is 1. The van der Waals surface area contributed by atoms with E-state index < -0.39 is 6.10 Å². The zero-order chi connectivity index (χ0) is 16.8. The molecule has 0 aliphatic carbocycles. The molecule has 0 aromatic heterocycles. The van der Waals surface area contributed by atoms with E-state index in [1.807, 2.05) is 37.3 Å². The van der Waals surface area contributed by atoms with Crippen LogP contribution < -0.4 is 9.64 Å². The fourth-order valence-corrected chi connectivity index (χ4v) is 3.08. The first-order valence-corrected chi connectivity index (χ1v) is 8.60. The van der Waals surface area contributed by atoms with E-state index in [1.54, 1.807) is 0 Å². The Kier molecular flexibility index (Phi) is 5.72. The quantitative estimate of drug-likeness (QED) is 0.885. The number of piperazine rings is 1. The maximum Gasteiger partial charge on any atom is 0.119 e. The first-order valence-electron chi connectivity index (χ1n) is 8.60. The lowest BCUT2D eigenvalue weighted by Crippen LogP contribution is -2.49. The second-order valence-electron chi connectivity index (χ2n) is 6.40. The van der Waals surface area contributed by atoms with Crippen molar-refractivity contribution in [2.75, 3.05) is 44.2 Å². The van der Waals surface area contributed by atoms with Gasteiger partial charge in [-0.15, -0.1) is 0 Å². The normalized spacial score (nSPS) is 16.8. The lowest BCUT2D eigenvalue weighted by atomic mass is 10.2. The summed E-state index contributed by atoms with van der Waals surface area (Å²) in [6.45, 7) is 6.96. The summed E-state index contributed by atoms with van der Waals surface area (Å²) in [4.78, 5) is 4.70. The molecule has 1 fully saturated rings. The highest BCUT2D eigenvalue weighted by atomic mass is 16.5. The van der Waals surface area contributed by atoms with E-state index >= 15 is 0 Å². The summed E-state index contributed by atoms with van der Waals surface area (Å²) >= 11 is 0. The Hall–Kier alpha value is -2.04. The first kappa shape index (κ1) is 16.8. The predicted molar refractivity (Wildman–Crippen MR) is 97.8 cm³/mol. The van der Waals surface area contributed by atoms with Crippen LogP contribution in [0, 0.1) is 6.92 Å². The van der Waals surface area contributed by atoms with Crippen molar-refractivity contribution < 1.29 is 9.84 Å². The van der Waals surface area contributed by atoms with Crippen molar-refractivity contribution >= 4 is 5.69 Å². The molecule has 0 radical (unpaired) electrons. The predicted octanol–water partition coefficient (Wildman–Crippen LogP) is 2.56. The summed E-state index contributed by atoms with van der Waals surface area (Å²) in [5.41, 5.74) is 2.44. The Morgan fingerprint density at radius 2 is 1.75 bits per heavy atom. The Bertz CT molecular complexity index is 625. The van der Waals surface area contributed by atoms with E-state index in [9.17, 15) is 5.11 Å². The second kappa shape index (κ2) is 8.18. The van der Waals surface area contributed by atoms with Crippen LogP contribution in [0.1, 0.15) is 5.56 Å². The molecule has 24 heavy (non-hydrogen) atoms. The largest absolute Gasteiger partial charge is 0.491 e. The van der Waals surface area contributed by atoms with E-state index in [4.69, 9.17) is 4.74 Å². The molecular formula is C20H26N2O2. The molecule has 3 rings (SSSR count). The van der Waals surface area contributed by atoms with Gasteiger partial charge < -0.3 is 14.7 Å². The average Bonchev–Trinajstić information content (AvgIpc) is 2.61. The van der Waals surface area contributed by atoms with Crippen molar-refractivity contribution in [3.8, 4) is 5.75 Å². The van der Waals surface area contributed by atoms with Gasteiger partial charge in [-0.2, -0.15) is 0 Å². The van der Waals surface area contributed by atoms with E-state index in [0.29, 0.717) is 13.2 Å². The van der Waals surface area contributed by atoms with Crippen LogP contribution in [0.25, 0.3) is 0 Å². The van der Waals surface area contributed by atoms with Crippen molar-refractivity contribution in [2.45, 2.75) is 13.0 Å². The number of aliphatic hydroxyl groups excluding tert-OH is 1. The molecule has 1 heterocycles. The Balaban J connectivity index is 1.41. The van der Waals surface area contributed by atoms with E-state index in [0.717, 1.165) is 31.9 Å². The third kappa shape index (κ3) is 4.73. The molecule has 4 nitrogen and oxygen atoms in total. The number of rotatable bonds is 6. The summed E-state index contributed by atoms with van der Waals surface area (Å²) in [6, 6.07) is 18.4. The van der Waals surface area contributed by atoms with Crippen molar-refractivity contribution in [3.63, 3.8) is 0 Å². The van der Waals surface area contributed by atoms with Crippen LogP contribution >= 0.6 is 0 Å². The number of para-hydroxylation sites is 1. The topological polar surface area (TPSA) is 35.9 Å². The SMILES string of the molecule is Cc1cccc(OC[C@@H](O)CN2CCN(c3ccccc3)CC2)c1. The molecule has 1 aliphatic rings. The monoisotopic (exact) mass is 326 g/mol. The summed E-state index contributed by atoms with van der Waals surface area (Å²) in [6.07, 6.45) is -0.464. The minimum atomic E-state index is -0.464. The number of hydrogen-bond acceptors (Lipinski definition) is 4. The highest BCUT2D eigenvalue weighted by molar-refractivity contribution is 5.46. The summed E-state index contributed by atoms with van der Waals surface area (Å²) < 4.78 is 5.69. The maximum atomic E-state index is 10.2. The minimum absolute atomic E-state index is 0.336. The molecule has 0 unspecified atom stereocenters. The van der Waals surface area contributed by atoms with Crippen LogP contribution in [0.3, 0.4) is 0 Å². The molecule has 1 N–H and O–H groups in total. The van der Waals surface area contributed by atoms with E-state index in [2.05, 4.69) is 34.1 Å². The van der Waals surface area contributed by atoms with Gasteiger partial charge in [-0.3, -0.25) is 4.90 Å². The van der Waals surface area contributed by atoms with Gasteiger partial charge in [0.25, 0.3) is 0 Å². The molecule has 4 heteroatoms. The third-order valence-corrected chi connectivity index (χ3v) is 4.39. The van der Waals surface area contributed by atoms with Gasteiger partial charge in [-0.25, -0.2) is 0 Å². The standard InChI is InChI=1S/C20H26N2O2/c1-17-6-5-9-20(14-17)24-16-19(23)15-21-10-12-22(13-11-21)18-7-3-2-4-8-18/h2-9,14,19,23H,10-13,15-16H2,1H3/t19-/m0/s1. The number of benzene rings is 2. The smallest absolute Gasteiger partial charge is 0.119 e. The molecule has 2 aromatic rings. The number of β-amino-alcohol motifs (C(OH)–C–C–N with tert-alkyl or cyclic N) is 1. The summed E-state index contributed by atoms with van der Waals surface area (Å²) in [7, 11) is 0. The summed E-state index contributed by atoms with van der Waals surface area (Å²) in [5.74, 6) is 0.822. The molecule has 0 saturated carbocycles. The molecule has 1 atom stereocenters. The van der Waals surface area contributed by atoms with Crippen LogP contribution in [0.2, 0.25) is 0 Å². The molecule has 0 spiro atoms. The molecular weight excluding hydrogens is 300 g/mol. The van der Waals surface area contributed by atoms with Gasteiger partial charge in [-0.1, -0.05) is 30.3 Å². The van der Waals surface area contributed by atoms with Crippen molar-refractivity contribution in [1.82, 2.24) is 4.90 Å². The zero-order valence-electron chi connectivity index (χ0n) is 14.3. The van der Waals surface area contributed by atoms with E-state index in [-0.39, 0.29) is 0 Å². The minimum Gasteiger partial charge on any atom is -0.491 e. The van der Waals surface area contributed by atoms with Crippen LogP contribution in [-0.2, 0) is 0 Å². The van der Waals surface area contributed by atoms with Crippen molar-refractivity contribution in [2.24, 2.45) is 0 Å². The van der Waals surface area contributed by atoms with Gasteiger partial charge in [-0.05, 0) is 36.8 Å². The van der Waals surface area contributed by atoms with Gasteiger partial charge in [0, 0.05) is 38.4 Å². The Labute approximate surface area is 144 Å². The van der Waals surface area contributed by atoms with Crippen LogP contribution in [0.4, 0.5) is 5.69 Å². The second-order valence-corrected chi connectivity index (χ2v) is 6.40. The van der Waals surface area contributed by atoms with Gasteiger partial charge in [0.2, 0.25) is 0 Å². The third-order valence-electron chi connectivity index (χ3n) is 4.39. The number of ether oxygens (including phenoxy) is 1. The molecule has 1 saturated heterocycles. The van der Waals surface area contributed by atoms with Gasteiger partial charge in [0.05, 0.1) is 0 Å². The highest BCUT2D eigenvalue weighted by Crippen LogP contribution is 2.16. The zero-order valence-corrected chi connectivity index (χ0v) is 14.3. The van der Waals surface area contributed by atoms with Gasteiger partial charge in [0.1, 0.15) is 18.5 Å². The van der Waals surface area contributed by atoms with Crippen LogP contribution in [-0.4, -0.2) is 55.4 Å². The van der Waals surface area contributed by atoms with Crippen LogP contribution in [0.5, 0.6) is 5.75 Å². The maximum absolute atomic E-state index is 10.2. The molecule has 0 amide bonds. The van der Waals surface area contributed by atoms with Crippen molar-refractivity contribution in [3.05, 3.63) is 60.2 Å². The molecule has 2 aromatic carbocycles. The Morgan fingerprint density at radius 3 is 2.46 bits per heavy atom.